The van der Waals surface area contributed by atoms with Crippen LogP contribution in [0.4, 0.5) is 0 Å². The number of piperidine rings is 1. The predicted octanol–water partition coefficient (Wildman–Crippen LogP) is 1.25. The molecule has 1 rings (SSSR count). The molecule has 0 aromatic rings. The van der Waals surface area contributed by atoms with E-state index in [4.69, 9.17) is 5.11 Å². The number of hydrazine groups is 1. The maximum Gasteiger partial charge on any atom is 0.316 e. The van der Waals surface area contributed by atoms with Crippen LogP contribution >= 0.6 is 0 Å². The lowest BCUT2D eigenvalue weighted by Gasteiger charge is -2.31. The van der Waals surface area contributed by atoms with Crippen molar-refractivity contribution in [3.8, 4) is 0 Å². The standard InChI is InChI=1S/C12H22N2O3/c1-12(2,3)9(11(16)17)10(15)13-14-7-5-4-6-8-14/h9H,4-8H2,1-3H3,(H,13,15)(H,16,17). The van der Waals surface area contributed by atoms with E-state index < -0.39 is 23.2 Å². The summed E-state index contributed by atoms with van der Waals surface area (Å²) in [7, 11) is 0. The summed E-state index contributed by atoms with van der Waals surface area (Å²) in [6.07, 6.45) is 3.27. The highest BCUT2D eigenvalue weighted by Crippen LogP contribution is 2.26. The summed E-state index contributed by atoms with van der Waals surface area (Å²) in [5, 5.41) is 11.0. The molecule has 0 saturated carbocycles. The first kappa shape index (κ1) is 14.0. The second kappa shape index (κ2) is 5.49. The van der Waals surface area contributed by atoms with Crippen LogP contribution < -0.4 is 5.43 Å². The van der Waals surface area contributed by atoms with Crippen molar-refractivity contribution in [2.24, 2.45) is 11.3 Å². The highest BCUT2D eigenvalue weighted by molar-refractivity contribution is 5.97. The van der Waals surface area contributed by atoms with E-state index in [-0.39, 0.29) is 0 Å². The molecule has 1 aliphatic rings. The molecule has 1 fully saturated rings. The minimum absolute atomic E-state index is 0.410. The largest absolute Gasteiger partial charge is 0.481 e. The number of carboxylic acid groups (broad SMARTS) is 1. The number of carbonyl (C=O) groups is 2. The van der Waals surface area contributed by atoms with Crippen LogP contribution in [0, 0.1) is 11.3 Å². The van der Waals surface area contributed by atoms with Crippen molar-refractivity contribution in [2.75, 3.05) is 13.1 Å². The van der Waals surface area contributed by atoms with Crippen molar-refractivity contribution >= 4 is 11.9 Å². The molecule has 0 aliphatic carbocycles. The van der Waals surface area contributed by atoms with Gasteiger partial charge in [-0.1, -0.05) is 27.2 Å². The van der Waals surface area contributed by atoms with Crippen molar-refractivity contribution in [1.29, 1.82) is 0 Å². The van der Waals surface area contributed by atoms with Gasteiger partial charge < -0.3 is 5.11 Å². The third-order valence-electron chi connectivity index (χ3n) is 3.00. The Bertz CT molecular complexity index is 291. The summed E-state index contributed by atoms with van der Waals surface area (Å²) in [4.78, 5) is 23.1. The van der Waals surface area contributed by atoms with Gasteiger partial charge in [0.1, 0.15) is 5.92 Å². The van der Waals surface area contributed by atoms with Gasteiger partial charge in [0.25, 0.3) is 0 Å². The van der Waals surface area contributed by atoms with Crippen molar-refractivity contribution < 1.29 is 14.7 Å². The average Bonchev–Trinajstić information content (AvgIpc) is 2.15. The van der Waals surface area contributed by atoms with Crippen molar-refractivity contribution in [3.63, 3.8) is 0 Å². The third kappa shape index (κ3) is 4.00. The van der Waals surface area contributed by atoms with Crippen molar-refractivity contribution in [2.45, 2.75) is 40.0 Å². The first-order valence-corrected chi connectivity index (χ1v) is 6.10. The highest BCUT2D eigenvalue weighted by Gasteiger charge is 2.38. The quantitative estimate of drug-likeness (QED) is 0.731. The zero-order valence-electron chi connectivity index (χ0n) is 10.8. The Hall–Kier alpha value is -1.10. The molecule has 98 valence electrons. The molecule has 0 bridgehead atoms. The first-order valence-electron chi connectivity index (χ1n) is 6.10. The van der Waals surface area contributed by atoms with E-state index in [0.29, 0.717) is 0 Å². The number of carboxylic acids is 1. The summed E-state index contributed by atoms with van der Waals surface area (Å²) in [5.41, 5.74) is 2.14. The molecule has 1 heterocycles. The van der Waals surface area contributed by atoms with E-state index in [2.05, 4.69) is 5.43 Å². The first-order chi connectivity index (χ1) is 7.82. The number of nitrogens with zero attached hydrogens (tertiary/aromatic N) is 1. The minimum atomic E-state index is -1.06. The number of aliphatic carboxylic acids is 1. The van der Waals surface area contributed by atoms with Crippen LogP contribution in [0.5, 0.6) is 0 Å². The molecule has 1 aliphatic heterocycles. The topological polar surface area (TPSA) is 69.6 Å². The number of carbonyl (C=O) groups excluding carboxylic acids is 1. The SMILES string of the molecule is CC(C)(C)C(C(=O)O)C(=O)NN1CCCCC1. The fourth-order valence-corrected chi connectivity index (χ4v) is 2.10. The molecule has 0 radical (unpaired) electrons. The Morgan fingerprint density at radius 2 is 1.71 bits per heavy atom. The monoisotopic (exact) mass is 242 g/mol. The maximum absolute atomic E-state index is 12.0. The third-order valence-corrected chi connectivity index (χ3v) is 3.00. The van der Waals surface area contributed by atoms with Gasteiger partial charge in [-0.25, -0.2) is 5.01 Å². The Morgan fingerprint density at radius 1 is 1.18 bits per heavy atom. The van der Waals surface area contributed by atoms with Crippen LogP contribution in [0.2, 0.25) is 0 Å². The molecule has 17 heavy (non-hydrogen) atoms. The molecular formula is C12H22N2O3. The summed E-state index contributed by atoms with van der Waals surface area (Å²) < 4.78 is 0. The predicted molar refractivity (Wildman–Crippen MR) is 64.1 cm³/mol. The fraction of sp³-hybridized carbons (Fsp3) is 0.833. The molecule has 0 aromatic carbocycles. The van der Waals surface area contributed by atoms with E-state index in [9.17, 15) is 9.59 Å². The second-order valence-electron chi connectivity index (χ2n) is 5.66. The zero-order valence-corrected chi connectivity index (χ0v) is 10.8. The van der Waals surface area contributed by atoms with Crippen LogP contribution in [-0.2, 0) is 9.59 Å². The Balaban J connectivity index is 2.62. The molecule has 0 aromatic heterocycles. The van der Waals surface area contributed by atoms with Crippen LogP contribution in [-0.4, -0.2) is 35.1 Å². The number of rotatable bonds is 3. The molecule has 0 spiro atoms. The summed E-state index contributed by atoms with van der Waals surface area (Å²) in [5.74, 6) is -2.48. The van der Waals surface area contributed by atoms with Crippen LogP contribution in [0.3, 0.4) is 0 Å². The molecule has 2 N–H and O–H groups in total. The highest BCUT2D eigenvalue weighted by atomic mass is 16.4. The van der Waals surface area contributed by atoms with E-state index >= 15 is 0 Å². The van der Waals surface area contributed by atoms with E-state index in [1.807, 2.05) is 5.01 Å². The van der Waals surface area contributed by atoms with Crippen LogP contribution in [0.15, 0.2) is 0 Å². The van der Waals surface area contributed by atoms with Gasteiger partial charge in [-0.2, -0.15) is 0 Å². The van der Waals surface area contributed by atoms with Crippen LogP contribution in [0.1, 0.15) is 40.0 Å². The minimum Gasteiger partial charge on any atom is -0.481 e. The Morgan fingerprint density at radius 3 is 2.12 bits per heavy atom. The summed E-state index contributed by atoms with van der Waals surface area (Å²) >= 11 is 0. The summed E-state index contributed by atoms with van der Waals surface area (Å²) in [6, 6.07) is 0. The van der Waals surface area contributed by atoms with Gasteiger partial charge in [-0.3, -0.25) is 15.0 Å². The van der Waals surface area contributed by atoms with E-state index in [0.717, 1.165) is 25.9 Å². The number of hydrogen-bond donors (Lipinski definition) is 2. The maximum atomic E-state index is 12.0. The van der Waals surface area contributed by atoms with Crippen molar-refractivity contribution in [3.05, 3.63) is 0 Å². The molecule has 1 amide bonds. The summed E-state index contributed by atoms with van der Waals surface area (Å²) in [6.45, 7) is 6.91. The Kier molecular flexibility index (Phi) is 4.51. The van der Waals surface area contributed by atoms with E-state index in [1.54, 1.807) is 20.8 Å². The van der Waals surface area contributed by atoms with Crippen LogP contribution in [0.25, 0.3) is 0 Å². The Labute approximate surface area is 102 Å². The number of nitrogens with one attached hydrogen (secondary N) is 1. The van der Waals surface area contributed by atoms with Gasteiger partial charge in [0, 0.05) is 13.1 Å². The number of hydrogen-bond acceptors (Lipinski definition) is 3. The zero-order chi connectivity index (χ0) is 13.1. The molecule has 1 saturated heterocycles. The van der Waals surface area contributed by atoms with Gasteiger partial charge in [0.15, 0.2) is 0 Å². The lowest BCUT2D eigenvalue weighted by atomic mass is 9.80. The normalized spacial score (nSPS) is 19.7. The molecule has 5 heteroatoms. The van der Waals surface area contributed by atoms with Gasteiger partial charge in [-0.05, 0) is 18.3 Å². The lowest BCUT2D eigenvalue weighted by Crippen LogP contribution is -2.51. The second-order valence-corrected chi connectivity index (χ2v) is 5.66. The van der Waals surface area contributed by atoms with Gasteiger partial charge in [0.2, 0.25) is 5.91 Å². The molecule has 5 nitrogen and oxygen atoms in total. The van der Waals surface area contributed by atoms with Gasteiger partial charge in [0.05, 0.1) is 0 Å². The number of amides is 1. The lowest BCUT2D eigenvalue weighted by molar-refractivity contribution is -0.153. The molecule has 1 atom stereocenters. The smallest absolute Gasteiger partial charge is 0.316 e. The van der Waals surface area contributed by atoms with Gasteiger partial charge in [-0.15, -0.1) is 0 Å². The van der Waals surface area contributed by atoms with E-state index in [1.165, 1.54) is 6.42 Å². The average molecular weight is 242 g/mol. The van der Waals surface area contributed by atoms with Crippen molar-refractivity contribution in [1.82, 2.24) is 10.4 Å². The molecular weight excluding hydrogens is 220 g/mol. The molecule has 1 unspecified atom stereocenters. The van der Waals surface area contributed by atoms with Gasteiger partial charge >= 0.3 is 5.97 Å². The fourth-order valence-electron chi connectivity index (χ4n) is 2.10.